The van der Waals surface area contributed by atoms with Gasteiger partial charge in [-0.2, -0.15) is 0 Å². The van der Waals surface area contributed by atoms with Crippen molar-refractivity contribution in [3.05, 3.63) is 82.4 Å². The van der Waals surface area contributed by atoms with Crippen LogP contribution in [-0.4, -0.2) is 39.2 Å². The molecule has 3 heterocycles. The summed E-state index contributed by atoms with van der Waals surface area (Å²) in [6.45, 7) is 9.01. The van der Waals surface area contributed by atoms with E-state index in [4.69, 9.17) is 17.0 Å². The molecule has 172 valence electrons. The number of nitrogens with one attached hydrogen (secondary N) is 1. The van der Waals surface area contributed by atoms with Crippen LogP contribution in [0.25, 0.3) is 5.69 Å². The lowest BCUT2D eigenvalue weighted by molar-refractivity contribution is -0.140. The molecule has 1 aliphatic rings. The minimum atomic E-state index is -0.251. The molecule has 4 rings (SSSR count). The van der Waals surface area contributed by atoms with E-state index >= 15 is 0 Å². The molecule has 6 nitrogen and oxygen atoms in total. The molecule has 0 aliphatic carbocycles. The molecule has 0 unspecified atom stereocenters. The quantitative estimate of drug-likeness (QED) is 0.425. The summed E-state index contributed by atoms with van der Waals surface area (Å²) >= 11 is 5.73. The maximum Gasteiger partial charge on any atom is 0.307 e. The van der Waals surface area contributed by atoms with Gasteiger partial charge in [0.15, 0.2) is 5.11 Å². The van der Waals surface area contributed by atoms with Crippen molar-refractivity contribution in [3.63, 3.8) is 0 Å². The lowest BCUT2D eigenvalue weighted by Gasteiger charge is -2.28. The summed E-state index contributed by atoms with van der Waals surface area (Å²) in [5, 5.41) is 4.08. The van der Waals surface area contributed by atoms with Gasteiger partial charge in [0.25, 0.3) is 0 Å². The predicted molar refractivity (Wildman–Crippen MR) is 134 cm³/mol. The Balaban J connectivity index is 1.82. The molecule has 3 aromatic rings. The first-order valence-corrected chi connectivity index (χ1v) is 11.5. The van der Waals surface area contributed by atoms with Gasteiger partial charge in [0.05, 0.1) is 31.3 Å². The number of nitrogens with zero attached hydrogens (tertiary/aromatic N) is 3. The van der Waals surface area contributed by atoms with Crippen molar-refractivity contribution in [1.29, 1.82) is 0 Å². The van der Waals surface area contributed by atoms with Crippen LogP contribution in [0.2, 0.25) is 0 Å². The Bertz CT molecular complexity index is 1190. The number of aromatic nitrogens is 2. The highest BCUT2D eigenvalue weighted by atomic mass is 32.1. The van der Waals surface area contributed by atoms with Gasteiger partial charge in [-0.3, -0.25) is 9.78 Å². The number of aryl methyl sites for hydroxylation is 3. The first-order chi connectivity index (χ1) is 15.8. The summed E-state index contributed by atoms with van der Waals surface area (Å²) in [5.41, 5.74) is 8.02. The van der Waals surface area contributed by atoms with Crippen molar-refractivity contribution >= 4 is 23.3 Å². The second-order valence-corrected chi connectivity index (χ2v) is 8.98. The second-order valence-electron chi connectivity index (χ2n) is 8.60. The highest BCUT2D eigenvalue weighted by Gasteiger charge is 2.41. The Morgan fingerprint density at radius 3 is 2.64 bits per heavy atom. The molecular weight excluding hydrogens is 432 g/mol. The molecular formula is C26H30N4O2S. The van der Waals surface area contributed by atoms with Gasteiger partial charge in [0.2, 0.25) is 0 Å². The molecule has 0 radical (unpaired) electrons. The standard InChI is InChI=1S/C26H30N4O2S/c1-16-9-10-17(2)22(14-16)30-18(3)15-20(19(30)4)25-24(21-8-6-7-12-27-21)28-26(33)29(25)13-11-23(31)32-5/h6-10,12,14-15,24-25H,11,13H2,1-5H3,(H,28,33)/t24-,25+/m0/s1. The van der Waals surface area contributed by atoms with E-state index in [1.54, 1.807) is 6.20 Å². The van der Waals surface area contributed by atoms with Gasteiger partial charge in [-0.05, 0) is 80.9 Å². The van der Waals surface area contributed by atoms with Crippen LogP contribution in [0.5, 0.6) is 0 Å². The average molecular weight is 463 g/mol. The molecule has 2 atom stereocenters. The zero-order chi connectivity index (χ0) is 23.7. The van der Waals surface area contributed by atoms with E-state index in [2.05, 4.69) is 71.7 Å². The summed E-state index contributed by atoms with van der Waals surface area (Å²) < 4.78 is 7.19. The third-order valence-corrected chi connectivity index (χ3v) is 6.73. The number of ether oxygens (including phenoxy) is 1. The Hall–Kier alpha value is -3.19. The fourth-order valence-corrected chi connectivity index (χ4v) is 5.05. The zero-order valence-corrected chi connectivity index (χ0v) is 20.6. The van der Waals surface area contributed by atoms with Crippen molar-refractivity contribution in [3.8, 4) is 5.69 Å². The molecule has 0 bridgehead atoms. The number of thiocarbonyl (C=S) groups is 1. The van der Waals surface area contributed by atoms with Crippen molar-refractivity contribution in [1.82, 2.24) is 19.8 Å². The second kappa shape index (κ2) is 9.35. The summed E-state index contributed by atoms with van der Waals surface area (Å²) in [6, 6.07) is 14.5. The molecule has 0 spiro atoms. The van der Waals surface area contributed by atoms with Crippen LogP contribution in [-0.2, 0) is 9.53 Å². The lowest BCUT2D eigenvalue weighted by Crippen LogP contribution is -2.32. The van der Waals surface area contributed by atoms with Gasteiger partial charge < -0.3 is 19.5 Å². The van der Waals surface area contributed by atoms with E-state index < -0.39 is 0 Å². The molecule has 33 heavy (non-hydrogen) atoms. The van der Waals surface area contributed by atoms with Crippen LogP contribution >= 0.6 is 12.2 Å². The van der Waals surface area contributed by atoms with Crippen molar-refractivity contribution in [2.45, 2.75) is 46.2 Å². The van der Waals surface area contributed by atoms with E-state index in [1.165, 1.54) is 29.5 Å². The van der Waals surface area contributed by atoms with Crippen LogP contribution in [0.3, 0.4) is 0 Å². The first kappa shape index (κ1) is 23.0. The van der Waals surface area contributed by atoms with E-state index in [1.807, 2.05) is 18.2 Å². The molecule has 0 saturated carbocycles. The van der Waals surface area contributed by atoms with Crippen LogP contribution in [0.1, 0.15) is 52.3 Å². The van der Waals surface area contributed by atoms with Crippen LogP contribution < -0.4 is 5.32 Å². The summed E-state index contributed by atoms with van der Waals surface area (Å²) in [6.07, 6.45) is 2.06. The SMILES string of the molecule is COC(=O)CCN1C(=S)N[C@@H](c2ccccn2)[C@H]1c1cc(C)n(-c2cc(C)ccc2C)c1C. The number of hydrogen-bond donors (Lipinski definition) is 1. The molecule has 1 saturated heterocycles. The number of hydrogen-bond acceptors (Lipinski definition) is 4. The van der Waals surface area contributed by atoms with Gasteiger partial charge in [0.1, 0.15) is 0 Å². The number of benzene rings is 1. The molecule has 1 aliphatic heterocycles. The molecule has 0 amide bonds. The zero-order valence-electron chi connectivity index (χ0n) is 19.8. The number of carbonyl (C=O) groups excluding carboxylic acids is 1. The fraction of sp³-hybridized carbons (Fsp3) is 0.346. The van der Waals surface area contributed by atoms with Gasteiger partial charge >= 0.3 is 5.97 Å². The van der Waals surface area contributed by atoms with E-state index in [0.717, 1.165) is 17.1 Å². The highest BCUT2D eigenvalue weighted by molar-refractivity contribution is 7.80. The molecule has 1 N–H and O–H groups in total. The van der Waals surface area contributed by atoms with E-state index in [9.17, 15) is 4.79 Å². The molecule has 7 heteroatoms. The first-order valence-electron chi connectivity index (χ1n) is 11.1. The van der Waals surface area contributed by atoms with Crippen molar-refractivity contribution < 1.29 is 9.53 Å². The van der Waals surface area contributed by atoms with Gasteiger partial charge in [-0.15, -0.1) is 0 Å². The van der Waals surface area contributed by atoms with Crippen molar-refractivity contribution in [2.24, 2.45) is 0 Å². The topological polar surface area (TPSA) is 59.4 Å². The number of esters is 1. The normalized spacial score (nSPS) is 17.8. The van der Waals surface area contributed by atoms with Crippen LogP contribution in [0, 0.1) is 27.7 Å². The van der Waals surface area contributed by atoms with Gasteiger partial charge in [0, 0.05) is 29.8 Å². The highest BCUT2D eigenvalue weighted by Crippen LogP contribution is 2.41. The minimum Gasteiger partial charge on any atom is -0.469 e. The number of pyridine rings is 1. The Morgan fingerprint density at radius 2 is 1.94 bits per heavy atom. The van der Waals surface area contributed by atoms with Crippen LogP contribution in [0.15, 0.2) is 48.7 Å². The van der Waals surface area contributed by atoms with Crippen molar-refractivity contribution in [2.75, 3.05) is 13.7 Å². The minimum absolute atomic E-state index is 0.0953. The van der Waals surface area contributed by atoms with Gasteiger partial charge in [-0.1, -0.05) is 18.2 Å². The third-order valence-electron chi connectivity index (χ3n) is 6.38. The predicted octanol–water partition coefficient (Wildman–Crippen LogP) is 4.64. The summed E-state index contributed by atoms with van der Waals surface area (Å²) in [4.78, 5) is 18.6. The summed E-state index contributed by atoms with van der Waals surface area (Å²) in [5.74, 6) is -0.251. The fourth-order valence-electron chi connectivity index (χ4n) is 4.72. The molecule has 1 aromatic carbocycles. The third kappa shape index (κ3) is 4.37. The monoisotopic (exact) mass is 462 g/mol. The number of methoxy groups -OCH3 is 1. The molecule has 2 aromatic heterocycles. The average Bonchev–Trinajstić information content (AvgIpc) is 3.29. The number of rotatable bonds is 6. The molecule has 1 fully saturated rings. The smallest absolute Gasteiger partial charge is 0.307 e. The summed E-state index contributed by atoms with van der Waals surface area (Å²) in [7, 11) is 1.41. The Labute approximate surface area is 200 Å². The van der Waals surface area contributed by atoms with E-state index in [-0.39, 0.29) is 24.5 Å². The Morgan fingerprint density at radius 1 is 1.15 bits per heavy atom. The Kier molecular flexibility index (Phi) is 6.51. The largest absolute Gasteiger partial charge is 0.469 e. The van der Waals surface area contributed by atoms with E-state index in [0.29, 0.717) is 11.7 Å². The lowest BCUT2D eigenvalue weighted by atomic mass is 9.96. The maximum absolute atomic E-state index is 11.9. The number of carbonyl (C=O) groups is 1. The maximum atomic E-state index is 11.9. The van der Waals surface area contributed by atoms with Crippen LogP contribution in [0.4, 0.5) is 0 Å². The van der Waals surface area contributed by atoms with Gasteiger partial charge in [-0.25, -0.2) is 0 Å².